The highest BCUT2D eigenvalue weighted by Gasteiger charge is 2.23. The van der Waals surface area contributed by atoms with Gasteiger partial charge < -0.3 is 15.4 Å². The SMILES string of the molecule is COC(=O)c1cc(N2Cc3ccccc3C2)c(F)cc1N. The first kappa shape index (κ1) is 13.4. The Kier molecular flexibility index (Phi) is 3.25. The summed E-state index contributed by atoms with van der Waals surface area (Å²) in [7, 11) is 1.27. The number of ether oxygens (including phenoxy) is 1. The van der Waals surface area contributed by atoms with Gasteiger partial charge in [-0.15, -0.1) is 0 Å². The van der Waals surface area contributed by atoms with E-state index >= 15 is 0 Å². The highest BCUT2D eigenvalue weighted by atomic mass is 19.1. The first-order valence-corrected chi connectivity index (χ1v) is 6.59. The van der Waals surface area contributed by atoms with Crippen molar-refractivity contribution in [1.82, 2.24) is 0 Å². The molecule has 1 aliphatic rings. The molecule has 0 radical (unpaired) electrons. The standard InChI is InChI=1S/C16H15FN2O2/c1-21-16(20)12-6-15(13(17)7-14(12)18)19-8-10-4-2-3-5-11(10)9-19/h2-7H,8-9,18H2,1H3. The number of methoxy groups -OCH3 is 1. The van der Waals surface area contributed by atoms with E-state index in [1.54, 1.807) is 0 Å². The van der Waals surface area contributed by atoms with Crippen LogP contribution in [0.4, 0.5) is 15.8 Å². The number of nitrogens with zero attached hydrogens (tertiary/aromatic N) is 1. The number of hydrogen-bond donors (Lipinski definition) is 1. The van der Waals surface area contributed by atoms with Crippen LogP contribution in [-0.2, 0) is 17.8 Å². The molecule has 5 heteroatoms. The Morgan fingerprint density at radius 1 is 1.24 bits per heavy atom. The van der Waals surface area contributed by atoms with E-state index in [2.05, 4.69) is 4.74 Å². The van der Waals surface area contributed by atoms with Crippen LogP contribution in [0.25, 0.3) is 0 Å². The van der Waals surface area contributed by atoms with E-state index in [1.165, 1.54) is 19.2 Å². The van der Waals surface area contributed by atoms with Crippen molar-refractivity contribution >= 4 is 17.3 Å². The maximum atomic E-state index is 14.2. The number of esters is 1. The van der Waals surface area contributed by atoms with Gasteiger partial charge in [-0.25, -0.2) is 9.18 Å². The Hall–Kier alpha value is -2.56. The van der Waals surface area contributed by atoms with Gasteiger partial charge >= 0.3 is 5.97 Å². The van der Waals surface area contributed by atoms with E-state index in [-0.39, 0.29) is 11.3 Å². The third kappa shape index (κ3) is 2.31. The molecule has 1 aliphatic heterocycles. The number of anilines is 2. The van der Waals surface area contributed by atoms with Crippen LogP contribution >= 0.6 is 0 Å². The van der Waals surface area contributed by atoms with Crippen molar-refractivity contribution < 1.29 is 13.9 Å². The number of carbonyl (C=O) groups excluding carboxylic acids is 1. The molecule has 2 aromatic carbocycles. The molecule has 2 aromatic rings. The van der Waals surface area contributed by atoms with Gasteiger partial charge in [-0.05, 0) is 23.3 Å². The minimum absolute atomic E-state index is 0.0832. The highest BCUT2D eigenvalue weighted by Crippen LogP contribution is 2.32. The fraction of sp³-hybridized carbons (Fsp3) is 0.188. The summed E-state index contributed by atoms with van der Waals surface area (Å²) in [5.41, 5.74) is 8.64. The first-order valence-electron chi connectivity index (χ1n) is 6.59. The van der Waals surface area contributed by atoms with Gasteiger partial charge in [0.05, 0.1) is 18.4 Å². The predicted octanol–water partition coefficient (Wildman–Crippen LogP) is 2.71. The quantitative estimate of drug-likeness (QED) is 0.681. The smallest absolute Gasteiger partial charge is 0.340 e. The third-order valence-electron chi connectivity index (χ3n) is 3.71. The molecule has 0 amide bonds. The van der Waals surface area contributed by atoms with Crippen molar-refractivity contribution in [2.24, 2.45) is 0 Å². The molecule has 0 aromatic heterocycles. The highest BCUT2D eigenvalue weighted by molar-refractivity contribution is 5.96. The van der Waals surface area contributed by atoms with E-state index in [0.717, 1.165) is 11.1 Å². The lowest BCUT2D eigenvalue weighted by molar-refractivity contribution is 0.0602. The van der Waals surface area contributed by atoms with Gasteiger partial charge in [0.2, 0.25) is 0 Å². The molecule has 4 nitrogen and oxygen atoms in total. The molecule has 0 saturated carbocycles. The van der Waals surface area contributed by atoms with Gasteiger partial charge in [-0.1, -0.05) is 24.3 Å². The molecule has 1 heterocycles. The normalized spacial score (nSPS) is 13.1. The molecule has 0 aliphatic carbocycles. The van der Waals surface area contributed by atoms with Gasteiger partial charge in [0.15, 0.2) is 0 Å². The van der Waals surface area contributed by atoms with Crippen molar-refractivity contribution in [3.8, 4) is 0 Å². The average molecular weight is 286 g/mol. The van der Waals surface area contributed by atoms with Crippen LogP contribution in [0.5, 0.6) is 0 Å². The molecular weight excluding hydrogens is 271 g/mol. The summed E-state index contributed by atoms with van der Waals surface area (Å²) in [6.45, 7) is 1.22. The fourth-order valence-corrected chi connectivity index (χ4v) is 2.61. The molecule has 108 valence electrons. The van der Waals surface area contributed by atoms with E-state index < -0.39 is 11.8 Å². The molecule has 0 fully saturated rings. The van der Waals surface area contributed by atoms with Crippen molar-refractivity contribution in [2.45, 2.75) is 13.1 Å². The van der Waals surface area contributed by atoms with Crippen LogP contribution in [0, 0.1) is 5.82 Å². The molecule has 2 N–H and O–H groups in total. The van der Waals surface area contributed by atoms with Gasteiger partial charge in [0.1, 0.15) is 5.82 Å². The third-order valence-corrected chi connectivity index (χ3v) is 3.71. The molecule has 3 rings (SSSR count). The van der Waals surface area contributed by atoms with E-state index in [0.29, 0.717) is 18.8 Å². The van der Waals surface area contributed by atoms with E-state index in [9.17, 15) is 9.18 Å². The molecule has 0 atom stereocenters. The zero-order valence-corrected chi connectivity index (χ0v) is 11.6. The largest absolute Gasteiger partial charge is 0.465 e. The van der Waals surface area contributed by atoms with Crippen molar-refractivity contribution in [1.29, 1.82) is 0 Å². The number of carbonyl (C=O) groups is 1. The Balaban J connectivity index is 1.99. The minimum atomic E-state index is -0.564. The molecule has 0 bridgehead atoms. The Labute approximate surface area is 121 Å². The number of hydrogen-bond acceptors (Lipinski definition) is 4. The minimum Gasteiger partial charge on any atom is -0.465 e. The van der Waals surface area contributed by atoms with Crippen LogP contribution in [0.15, 0.2) is 36.4 Å². The van der Waals surface area contributed by atoms with E-state index in [4.69, 9.17) is 5.73 Å². The second kappa shape index (κ2) is 5.09. The van der Waals surface area contributed by atoms with Gasteiger partial charge in [-0.2, -0.15) is 0 Å². The summed E-state index contributed by atoms with van der Waals surface area (Å²) in [5.74, 6) is -1.00. The summed E-state index contributed by atoms with van der Waals surface area (Å²) in [6.07, 6.45) is 0. The lowest BCUT2D eigenvalue weighted by Crippen LogP contribution is -2.18. The zero-order chi connectivity index (χ0) is 15.0. The summed E-state index contributed by atoms with van der Waals surface area (Å²) in [5, 5.41) is 0. The van der Waals surface area contributed by atoms with Crippen LogP contribution in [0.1, 0.15) is 21.5 Å². The number of nitrogens with two attached hydrogens (primary N) is 1. The predicted molar refractivity (Wildman–Crippen MR) is 78.5 cm³/mol. The fourth-order valence-electron chi connectivity index (χ4n) is 2.61. The number of nitrogen functional groups attached to an aromatic ring is 1. The molecule has 0 saturated heterocycles. The maximum Gasteiger partial charge on any atom is 0.340 e. The lowest BCUT2D eigenvalue weighted by atomic mass is 10.1. The summed E-state index contributed by atoms with van der Waals surface area (Å²) in [4.78, 5) is 13.6. The number of fused-ring (bicyclic) bond motifs is 1. The summed E-state index contributed by atoms with van der Waals surface area (Å²) < 4.78 is 18.9. The Morgan fingerprint density at radius 2 is 1.86 bits per heavy atom. The van der Waals surface area contributed by atoms with Crippen LogP contribution in [0.3, 0.4) is 0 Å². The van der Waals surface area contributed by atoms with Gasteiger partial charge in [-0.3, -0.25) is 0 Å². The number of halogens is 1. The number of rotatable bonds is 2. The Bertz CT molecular complexity index is 690. The van der Waals surface area contributed by atoms with Gasteiger partial charge in [0.25, 0.3) is 0 Å². The van der Waals surface area contributed by atoms with Crippen LogP contribution in [0.2, 0.25) is 0 Å². The monoisotopic (exact) mass is 286 g/mol. The molecular formula is C16H15FN2O2. The van der Waals surface area contributed by atoms with Crippen molar-refractivity contribution in [3.63, 3.8) is 0 Å². The first-order chi connectivity index (χ1) is 10.1. The number of benzene rings is 2. The topological polar surface area (TPSA) is 55.6 Å². The van der Waals surface area contributed by atoms with Crippen LogP contribution in [-0.4, -0.2) is 13.1 Å². The molecule has 21 heavy (non-hydrogen) atoms. The zero-order valence-electron chi connectivity index (χ0n) is 11.6. The average Bonchev–Trinajstić information content (AvgIpc) is 2.90. The summed E-state index contributed by atoms with van der Waals surface area (Å²) >= 11 is 0. The van der Waals surface area contributed by atoms with Crippen molar-refractivity contribution in [2.75, 3.05) is 17.7 Å². The second-order valence-corrected chi connectivity index (χ2v) is 5.01. The second-order valence-electron chi connectivity index (χ2n) is 5.01. The van der Waals surface area contributed by atoms with Crippen LogP contribution < -0.4 is 10.6 Å². The van der Waals surface area contributed by atoms with Gasteiger partial charge in [0, 0.05) is 18.8 Å². The summed E-state index contributed by atoms with van der Waals surface area (Å²) in [6, 6.07) is 10.6. The Morgan fingerprint density at radius 3 is 2.43 bits per heavy atom. The molecule has 0 spiro atoms. The van der Waals surface area contributed by atoms with E-state index in [1.807, 2.05) is 29.2 Å². The van der Waals surface area contributed by atoms with Crippen molar-refractivity contribution in [3.05, 3.63) is 58.9 Å². The molecule has 0 unspecified atom stereocenters. The lowest BCUT2D eigenvalue weighted by Gasteiger charge is -2.20. The maximum absolute atomic E-state index is 14.2.